The van der Waals surface area contributed by atoms with Crippen LogP contribution in [0.3, 0.4) is 0 Å². The quantitative estimate of drug-likeness (QED) is 0.754. The van der Waals surface area contributed by atoms with Crippen molar-refractivity contribution < 1.29 is 9.90 Å². The Morgan fingerprint density at radius 2 is 2.23 bits per heavy atom. The number of hydrogen-bond acceptors (Lipinski definition) is 5. The number of aromatic nitrogens is 1. The summed E-state index contributed by atoms with van der Waals surface area (Å²) in [7, 11) is 0. The third-order valence-corrected chi connectivity index (χ3v) is 4.87. The van der Waals surface area contributed by atoms with Crippen molar-refractivity contribution in [3.05, 3.63) is 41.0 Å². The van der Waals surface area contributed by atoms with Gasteiger partial charge in [-0.25, -0.2) is 4.98 Å². The van der Waals surface area contributed by atoms with E-state index in [2.05, 4.69) is 15.6 Å². The van der Waals surface area contributed by atoms with E-state index in [9.17, 15) is 9.90 Å². The van der Waals surface area contributed by atoms with Crippen molar-refractivity contribution in [2.24, 2.45) is 0 Å². The Balaban J connectivity index is 1.67. The molecule has 3 rings (SSSR count). The van der Waals surface area contributed by atoms with Crippen molar-refractivity contribution in [3.8, 4) is 10.4 Å². The van der Waals surface area contributed by atoms with Crippen molar-refractivity contribution >= 4 is 17.2 Å². The molecule has 6 heteroatoms. The summed E-state index contributed by atoms with van der Waals surface area (Å²) in [6, 6.07) is 7.37. The third-order valence-electron chi connectivity index (χ3n) is 3.89. The van der Waals surface area contributed by atoms with Gasteiger partial charge in [-0.3, -0.25) is 4.79 Å². The smallest absolute Gasteiger partial charge is 0.239 e. The first-order valence-electron chi connectivity index (χ1n) is 7.37. The van der Waals surface area contributed by atoms with Crippen LogP contribution in [0.4, 0.5) is 0 Å². The van der Waals surface area contributed by atoms with E-state index < -0.39 is 6.23 Å². The summed E-state index contributed by atoms with van der Waals surface area (Å²) in [4.78, 5) is 17.4. The maximum atomic E-state index is 12.0. The minimum absolute atomic E-state index is 0.146. The summed E-state index contributed by atoms with van der Waals surface area (Å²) in [5.74, 6) is -0.146. The van der Waals surface area contributed by atoms with Crippen molar-refractivity contribution in [1.82, 2.24) is 15.6 Å². The predicted molar refractivity (Wildman–Crippen MR) is 86.4 cm³/mol. The van der Waals surface area contributed by atoms with Gasteiger partial charge in [0.05, 0.1) is 22.1 Å². The van der Waals surface area contributed by atoms with E-state index >= 15 is 0 Å². The second kappa shape index (κ2) is 6.56. The summed E-state index contributed by atoms with van der Waals surface area (Å²) >= 11 is 1.59. The highest BCUT2D eigenvalue weighted by Gasteiger charge is 2.23. The lowest BCUT2D eigenvalue weighted by Gasteiger charge is -2.17. The fourth-order valence-corrected chi connectivity index (χ4v) is 3.43. The van der Waals surface area contributed by atoms with Gasteiger partial charge in [0.1, 0.15) is 0 Å². The maximum Gasteiger partial charge on any atom is 0.239 e. The SMILES string of the molecule is Cc1ncsc1-c1ccc(C(O)NC(=O)C2CCCN2)cc1. The molecule has 0 spiro atoms. The maximum absolute atomic E-state index is 12.0. The summed E-state index contributed by atoms with van der Waals surface area (Å²) in [6.45, 7) is 2.83. The molecule has 0 saturated carbocycles. The van der Waals surface area contributed by atoms with Crippen molar-refractivity contribution in [2.75, 3.05) is 6.54 Å². The Morgan fingerprint density at radius 3 is 2.82 bits per heavy atom. The number of rotatable bonds is 4. The fraction of sp³-hybridized carbons (Fsp3) is 0.375. The predicted octanol–water partition coefficient (Wildman–Crippen LogP) is 1.98. The molecule has 3 N–H and O–H groups in total. The number of benzene rings is 1. The van der Waals surface area contributed by atoms with Crippen LogP contribution in [0.25, 0.3) is 10.4 Å². The van der Waals surface area contributed by atoms with E-state index in [1.807, 2.05) is 36.7 Å². The van der Waals surface area contributed by atoms with Crippen molar-refractivity contribution in [1.29, 1.82) is 0 Å². The minimum Gasteiger partial charge on any atom is -0.369 e. The summed E-state index contributed by atoms with van der Waals surface area (Å²) in [6.07, 6.45) is 0.839. The van der Waals surface area contributed by atoms with Crippen LogP contribution < -0.4 is 10.6 Å². The van der Waals surface area contributed by atoms with Gasteiger partial charge in [0, 0.05) is 5.56 Å². The van der Waals surface area contributed by atoms with Crippen LogP contribution in [0, 0.1) is 6.92 Å². The highest BCUT2D eigenvalue weighted by Crippen LogP contribution is 2.27. The van der Waals surface area contributed by atoms with Crippen LogP contribution in [0.2, 0.25) is 0 Å². The Morgan fingerprint density at radius 1 is 1.45 bits per heavy atom. The normalized spacial score (nSPS) is 19.1. The van der Waals surface area contributed by atoms with Gasteiger partial charge in [-0.1, -0.05) is 24.3 Å². The molecule has 2 unspecified atom stereocenters. The van der Waals surface area contributed by atoms with Crippen molar-refractivity contribution in [3.63, 3.8) is 0 Å². The first-order valence-corrected chi connectivity index (χ1v) is 8.25. The Bertz CT molecular complexity index is 648. The lowest BCUT2D eigenvalue weighted by atomic mass is 10.1. The number of thiazole rings is 1. The molecule has 0 bridgehead atoms. The highest BCUT2D eigenvalue weighted by molar-refractivity contribution is 7.13. The number of aliphatic hydroxyl groups excluding tert-OH is 1. The topological polar surface area (TPSA) is 74.2 Å². The molecule has 1 aliphatic heterocycles. The van der Waals surface area contributed by atoms with Crippen molar-refractivity contribution in [2.45, 2.75) is 32.0 Å². The molecule has 2 aromatic rings. The van der Waals surface area contributed by atoms with Crippen LogP contribution >= 0.6 is 11.3 Å². The zero-order valence-electron chi connectivity index (χ0n) is 12.4. The van der Waals surface area contributed by atoms with Gasteiger partial charge in [0.15, 0.2) is 6.23 Å². The molecule has 116 valence electrons. The zero-order valence-corrected chi connectivity index (χ0v) is 13.2. The first-order chi connectivity index (χ1) is 10.6. The van der Waals surface area contributed by atoms with Gasteiger partial charge in [0.25, 0.3) is 0 Å². The summed E-state index contributed by atoms with van der Waals surface area (Å²) in [5.41, 5.74) is 4.57. The molecule has 22 heavy (non-hydrogen) atoms. The summed E-state index contributed by atoms with van der Waals surface area (Å²) < 4.78 is 0. The van der Waals surface area contributed by atoms with Gasteiger partial charge < -0.3 is 15.7 Å². The zero-order chi connectivity index (χ0) is 15.5. The molecule has 1 fully saturated rings. The summed E-state index contributed by atoms with van der Waals surface area (Å²) in [5, 5.41) is 15.9. The molecule has 1 aromatic carbocycles. The number of nitrogens with zero attached hydrogens (tertiary/aromatic N) is 1. The molecule has 2 heterocycles. The average molecular weight is 317 g/mol. The Hall–Kier alpha value is -1.76. The minimum atomic E-state index is -0.980. The van der Waals surface area contributed by atoms with E-state index in [1.54, 1.807) is 11.3 Å². The van der Waals surface area contributed by atoms with E-state index in [-0.39, 0.29) is 11.9 Å². The Kier molecular flexibility index (Phi) is 4.52. The molecule has 1 aliphatic rings. The van der Waals surface area contributed by atoms with E-state index in [0.717, 1.165) is 35.5 Å². The molecule has 5 nitrogen and oxygen atoms in total. The lowest BCUT2D eigenvalue weighted by Crippen LogP contribution is -2.42. The molecular weight excluding hydrogens is 298 g/mol. The van der Waals surface area contributed by atoms with Gasteiger partial charge in [-0.05, 0) is 31.9 Å². The Labute approximate surface area is 133 Å². The number of aryl methyl sites for hydroxylation is 1. The number of carbonyl (C=O) groups is 1. The standard InChI is InChI=1S/C16H19N3O2S/c1-10-14(22-9-18-10)11-4-6-12(7-5-11)15(20)19-16(21)13-3-2-8-17-13/h4-7,9,13,15,17,20H,2-3,8H2,1H3,(H,19,21). The largest absolute Gasteiger partial charge is 0.369 e. The van der Waals surface area contributed by atoms with Crippen LogP contribution in [-0.2, 0) is 4.79 Å². The second-order valence-corrected chi connectivity index (χ2v) is 6.30. The second-order valence-electron chi connectivity index (χ2n) is 5.45. The van der Waals surface area contributed by atoms with Gasteiger partial charge in [-0.2, -0.15) is 0 Å². The van der Waals surface area contributed by atoms with Crippen LogP contribution in [0.1, 0.15) is 30.3 Å². The van der Waals surface area contributed by atoms with E-state index in [1.165, 1.54) is 0 Å². The van der Waals surface area contributed by atoms with Crippen LogP contribution in [0.15, 0.2) is 29.8 Å². The number of hydrogen-bond donors (Lipinski definition) is 3. The van der Waals surface area contributed by atoms with Gasteiger partial charge in [0.2, 0.25) is 5.91 Å². The number of carbonyl (C=O) groups excluding carboxylic acids is 1. The molecule has 1 amide bonds. The fourth-order valence-electron chi connectivity index (χ4n) is 2.62. The molecule has 2 atom stereocenters. The number of aliphatic hydroxyl groups is 1. The van der Waals surface area contributed by atoms with Crippen LogP contribution in [0.5, 0.6) is 0 Å². The molecule has 0 aliphatic carbocycles. The number of amides is 1. The van der Waals surface area contributed by atoms with E-state index in [0.29, 0.717) is 5.56 Å². The highest BCUT2D eigenvalue weighted by atomic mass is 32.1. The lowest BCUT2D eigenvalue weighted by molar-refractivity contribution is -0.125. The molecular formula is C16H19N3O2S. The van der Waals surface area contributed by atoms with E-state index in [4.69, 9.17) is 0 Å². The monoisotopic (exact) mass is 317 g/mol. The number of nitrogens with one attached hydrogen (secondary N) is 2. The molecule has 1 saturated heterocycles. The van der Waals surface area contributed by atoms with Gasteiger partial charge >= 0.3 is 0 Å². The van der Waals surface area contributed by atoms with Gasteiger partial charge in [-0.15, -0.1) is 11.3 Å². The average Bonchev–Trinajstić information content (AvgIpc) is 3.18. The first kappa shape index (κ1) is 15.1. The van der Waals surface area contributed by atoms with Crippen LogP contribution in [-0.4, -0.2) is 28.6 Å². The third kappa shape index (κ3) is 3.19. The molecule has 0 radical (unpaired) electrons. The molecule has 1 aromatic heterocycles.